The Morgan fingerprint density at radius 1 is 1.19 bits per heavy atom. The first kappa shape index (κ1) is 21.2. The highest BCUT2D eigenvalue weighted by Crippen LogP contribution is 2.32. The van der Waals surface area contributed by atoms with Crippen LogP contribution in [0.1, 0.15) is 71.6 Å². The Morgan fingerprint density at radius 3 is 2.31 bits per heavy atom. The molecule has 4 N–H and O–H groups in total. The molecule has 0 aliphatic heterocycles. The van der Waals surface area contributed by atoms with Crippen LogP contribution in [0.15, 0.2) is 0 Å². The van der Waals surface area contributed by atoms with Crippen LogP contribution in [0.5, 0.6) is 0 Å². The lowest BCUT2D eigenvalue weighted by Gasteiger charge is -2.38. The first-order valence-corrected chi connectivity index (χ1v) is 10.2. The van der Waals surface area contributed by atoms with Gasteiger partial charge in [-0.2, -0.15) is 0 Å². The molecule has 6 nitrogen and oxygen atoms in total. The monoisotopic (exact) mass is 367 g/mol. The lowest BCUT2D eigenvalue weighted by molar-refractivity contribution is -0.136. The lowest BCUT2D eigenvalue weighted by atomic mass is 9.77. The summed E-state index contributed by atoms with van der Waals surface area (Å²) in [5.41, 5.74) is 5.57. The molecule has 0 heterocycles. The van der Waals surface area contributed by atoms with Crippen LogP contribution in [-0.4, -0.2) is 53.1 Å². The standard InChI is InChI=1S/C20H37N3O3/c1-20(2,26)12-5-13-22-18(24)15-10-8-14(9-11-15)17(21)19(25)23(3)16-6-4-7-16/h14-17,26H,4-13,21H2,1-3H3,(H,22,24)/t14?,15?,17-/m0/s1. The molecule has 2 fully saturated rings. The van der Waals surface area contributed by atoms with E-state index >= 15 is 0 Å². The second-order valence-corrected chi connectivity index (χ2v) is 8.88. The van der Waals surface area contributed by atoms with Crippen molar-refractivity contribution in [3.8, 4) is 0 Å². The quantitative estimate of drug-likeness (QED) is 0.570. The Morgan fingerprint density at radius 2 is 1.81 bits per heavy atom. The van der Waals surface area contributed by atoms with Gasteiger partial charge in [0.1, 0.15) is 0 Å². The number of hydrogen-bond acceptors (Lipinski definition) is 4. The Hall–Kier alpha value is -1.14. The van der Waals surface area contributed by atoms with Crippen molar-refractivity contribution in [2.75, 3.05) is 13.6 Å². The van der Waals surface area contributed by atoms with Crippen LogP contribution in [0.25, 0.3) is 0 Å². The molecule has 150 valence electrons. The summed E-state index contributed by atoms with van der Waals surface area (Å²) in [5.74, 6) is 0.379. The molecule has 0 bridgehead atoms. The number of carbonyl (C=O) groups excluding carboxylic acids is 2. The van der Waals surface area contributed by atoms with E-state index in [-0.39, 0.29) is 23.7 Å². The molecular formula is C20H37N3O3. The van der Waals surface area contributed by atoms with Crippen LogP contribution in [-0.2, 0) is 9.59 Å². The average molecular weight is 368 g/mol. The number of nitrogens with zero attached hydrogens (tertiary/aromatic N) is 1. The predicted molar refractivity (Wildman–Crippen MR) is 102 cm³/mol. The van der Waals surface area contributed by atoms with Crippen molar-refractivity contribution < 1.29 is 14.7 Å². The van der Waals surface area contributed by atoms with E-state index in [0.29, 0.717) is 19.0 Å². The van der Waals surface area contributed by atoms with E-state index in [2.05, 4.69) is 5.32 Å². The lowest BCUT2D eigenvalue weighted by Crippen LogP contribution is -2.52. The minimum absolute atomic E-state index is 0.0278. The highest BCUT2D eigenvalue weighted by molar-refractivity contribution is 5.82. The van der Waals surface area contributed by atoms with Gasteiger partial charge < -0.3 is 21.1 Å². The smallest absolute Gasteiger partial charge is 0.239 e. The van der Waals surface area contributed by atoms with Crippen LogP contribution in [0.3, 0.4) is 0 Å². The number of nitrogens with two attached hydrogens (primary N) is 1. The predicted octanol–water partition coefficient (Wildman–Crippen LogP) is 1.80. The second kappa shape index (κ2) is 9.18. The van der Waals surface area contributed by atoms with Crippen LogP contribution < -0.4 is 11.1 Å². The molecule has 2 aliphatic rings. The van der Waals surface area contributed by atoms with Gasteiger partial charge in [-0.05, 0) is 77.6 Å². The van der Waals surface area contributed by atoms with Gasteiger partial charge in [-0.15, -0.1) is 0 Å². The first-order chi connectivity index (χ1) is 12.2. The maximum Gasteiger partial charge on any atom is 0.239 e. The molecule has 6 heteroatoms. The number of aliphatic hydroxyl groups is 1. The summed E-state index contributed by atoms with van der Waals surface area (Å²) in [6.45, 7) is 4.17. The third-order valence-corrected chi connectivity index (χ3v) is 6.17. The molecule has 1 atom stereocenters. The van der Waals surface area contributed by atoms with Crippen molar-refractivity contribution in [3.63, 3.8) is 0 Å². The molecule has 0 unspecified atom stereocenters. The molecule has 0 spiro atoms. The van der Waals surface area contributed by atoms with Gasteiger partial charge in [-0.3, -0.25) is 9.59 Å². The fraction of sp³-hybridized carbons (Fsp3) is 0.900. The van der Waals surface area contributed by atoms with E-state index < -0.39 is 11.6 Å². The molecule has 2 saturated carbocycles. The normalized spacial score (nSPS) is 25.3. The Kier molecular flexibility index (Phi) is 7.47. The zero-order chi connectivity index (χ0) is 19.3. The van der Waals surface area contributed by atoms with E-state index in [1.165, 1.54) is 6.42 Å². The van der Waals surface area contributed by atoms with Crippen LogP contribution in [0, 0.1) is 11.8 Å². The summed E-state index contributed by atoms with van der Waals surface area (Å²) >= 11 is 0. The summed E-state index contributed by atoms with van der Waals surface area (Å²) in [7, 11) is 1.87. The number of hydrogen-bond donors (Lipinski definition) is 3. The van der Waals surface area contributed by atoms with Crippen LogP contribution in [0.2, 0.25) is 0 Å². The maximum atomic E-state index is 12.5. The Labute approximate surface area is 157 Å². The number of amides is 2. The summed E-state index contributed by atoms with van der Waals surface area (Å²) in [4.78, 5) is 26.7. The van der Waals surface area contributed by atoms with E-state index in [0.717, 1.165) is 44.9 Å². The summed E-state index contributed by atoms with van der Waals surface area (Å²) in [6, 6.07) is -0.0593. The molecular weight excluding hydrogens is 330 g/mol. The van der Waals surface area contributed by atoms with E-state index in [4.69, 9.17) is 5.73 Å². The minimum Gasteiger partial charge on any atom is -0.390 e. The maximum absolute atomic E-state index is 12.5. The SMILES string of the molecule is CN(C(=O)[C@@H](N)C1CCC(C(=O)NCCCC(C)(C)O)CC1)C1CCC1. The third kappa shape index (κ3) is 5.95. The van der Waals surface area contributed by atoms with Gasteiger partial charge in [0.25, 0.3) is 0 Å². The van der Waals surface area contributed by atoms with Crippen molar-refractivity contribution in [1.29, 1.82) is 0 Å². The molecule has 0 radical (unpaired) electrons. The van der Waals surface area contributed by atoms with Crippen molar-refractivity contribution in [1.82, 2.24) is 10.2 Å². The molecule has 0 aromatic carbocycles. The fourth-order valence-electron chi connectivity index (χ4n) is 4.01. The summed E-state index contributed by atoms with van der Waals surface area (Å²) in [6.07, 6.45) is 8.12. The zero-order valence-electron chi connectivity index (χ0n) is 16.7. The highest BCUT2D eigenvalue weighted by atomic mass is 16.3. The number of carbonyl (C=O) groups is 2. The van der Waals surface area contributed by atoms with Crippen LogP contribution >= 0.6 is 0 Å². The van der Waals surface area contributed by atoms with E-state index in [1.807, 2.05) is 11.9 Å². The van der Waals surface area contributed by atoms with Gasteiger partial charge in [0.15, 0.2) is 0 Å². The number of rotatable bonds is 8. The molecule has 2 amide bonds. The molecule has 0 aromatic heterocycles. The zero-order valence-corrected chi connectivity index (χ0v) is 16.7. The number of likely N-dealkylation sites (N-methyl/N-ethyl adjacent to an activating group) is 1. The summed E-state index contributed by atoms with van der Waals surface area (Å²) in [5, 5.41) is 12.7. The van der Waals surface area contributed by atoms with Gasteiger partial charge in [0, 0.05) is 25.6 Å². The molecule has 2 aliphatic carbocycles. The van der Waals surface area contributed by atoms with Crippen molar-refractivity contribution in [2.24, 2.45) is 17.6 Å². The van der Waals surface area contributed by atoms with Gasteiger partial charge in [0.2, 0.25) is 11.8 Å². The highest BCUT2D eigenvalue weighted by Gasteiger charge is 2.35. The third-order valence-electron chi connectivity index (χ3n) is 6.17. The number of nitrogens with one attached hydrogen (secondary N) is 1. The summed E-state index contributed by atoms with van der Waals surface area (Å²) < 4.78 is 0. The van der Waals surface area contributed by atoms with Crippen molar-refractivity contribution in [2.45, 2.75) is 89.3 Å². The molecule has 26 heavy (non-hydrogen) atoms. The molecule has 0 saturated heterocycles. The largest absolute Gasteiger partial charge is 0.390 e. The van der Waals surface area contributed by atoms with E-state index in [9.17, 15) is 14.7 Å². The van der Waals surface area contributed by atoms with Gasteiger partial charge >= 0.3 is 0 Å². The topological polar surface area (TPSA) is 95.7 Å². The van der Waals surface area contributed by atoms with Gasteiger partial charge in [-0.25, -0.2) is 0 Å². The molecule has 0 aromatic rings. The van der Waals surface area contributed by atoms with E-state index in [1.54, 1.807) is 13.8 Å². The van der Waals surface area contributed by atoms with Crippen molar-refractivity contribution in [3.05, 3.63) is 0 Å². The molecule has 2 rings (SSSR count). The average Bonchev–Trinajstić information content (AvgIpc) is 2.55. The minimum atomic E-state index is -0.682. The second-order valence-electron chi connectivity index (χ2n) is 8.88. The Balaban J connectivity index is 1.69. The van der Waals surface area contributed by atoms with Crippen molar-refractivity contribution >= 4 is 11.8 Å². The first-order valence-electron chi connectivity index (χ1n) is 10.2. The Bertz CT molecular complexity index is 477. The fourth-order valence-corrected chi connectivity index (χ4v) is 4.01. The van der Waals surface area contributed by atoms with Gasteiger partial charge in [-0.1, -0.05) is 0 Å². The van der Waals surface area contributed by atoms with Crippen LogP contribution in [0.4, 0.5) is 0 Å². The van der Waals surface area contributed by atoms with Gasteiger partial charge in [0.05, 0.1) is 11.6 Å².